The highest BCUT2D eigenvalue weighted by molar-refractivity contribution is 6.31. The standard InChI is InChI=1S/C10H11ClO/c11-10-6-8(12)5-7-3-1-2-4-9(7)10/h5-6,12H,1-4H2. The zero-order chi connectivity index (χ0) is 8.55. The van der Waals surface area contributed by atoms with Gasteiger partial charge in [0.1, 0.15) is 5.75 Å². The first-order valence-electron chi connectivity index (χ1n) is 4.27. The Balaban J connectivity index is 2.53. The predicted octanol–water partition coefficient (Wildman–Crippen LogP) is 2.92. The molecule has 1 aliphatic carbocycles. The van der Waals surface area contributed by atoms with E-state index < -0.39 is 0 Å². The van der Waals surface area contributed by atoms with Crippen LogP contribution in [0, 0.1) is 0 Å². The van der Waals surface area contributed by atoms with Gasteiger partial charge in [0.25, 0.3) is 0 Å². The topological polar surface area (TPSA) is 20.2 Å². The minimum Gasteiger partial charge on any atom is -0.508 e. The largest absolute Gasteiger partial charge is 0.508 e. The van der Waals surface area contributed by atoms with Gasteiger partial charge in [0.15, 0.2) is 0 Å². The van der Waals surface area contributed by atoms with Crippen molar-refractivity contribution in [3.63, 3.8) is 0 Å². The second-order valence-corrected chi connectivity index (χ2v) is 3.68. The Morgan fingerprint density at radius 2 is 1.92 bits per heavy atom. The molecule has 0 unspecified atom stereocenters. The first-order valence-corrected chi connectivity index (χ1v) is 4.65. The number of phenolic OH excluding ortho intramolecular Hbond substituents is 1. The normalized spacial score (nSPS) is 15.8. The van der Waals surface area contributed by atoms with Crippen LogP contribution >= 0.6 is 11.6 Å². The number of aromatic hydroxyl groups is 1. The summed E-state index contributed by atoms with van der Waals surface area (Å²) in [5, 5.41) is 10.0. The summed E-state index contributed by atoms with van der Waals surface area (Å²) in [5.74, 6) is 0.292. The Labute approximate surface area is 77.0 Å². The number of benzene rings is 1. The number of hydrogen-bond donors (Lipinski definition) is 1. The fourth-order valence-corrected chi connectivity index (χ4v) is 2.13. The molecule has 0 amide bonds. The van der Waals surface area contributed by atoms with Crippen LogP contribution in [0.1, 0.15) is 24.0 Å². The molecule has 0 heterocycles. The van der Waals surface area contributed by atoms with E-state index in [1.54, 1.807) is 6.07 Å². The lowest BCUT2D eigenvalue weighted by atomic mass is 9.91. The highest BCUT2D eigenvalue weighted by atomic mass is 35.5. The van der Waals surface area contributed by atoms with Crippen LogP contribution in [0.5, 0.6) is 5.75 Å². The molecular weight excluding hydrogens is 172 g/mol. The van der Waals surface area contributed by atoms with E-state index >= 15 is 0 Å². The van der Waals surface area contributed by atoms with Crippen LogP contribution in [0.3, 0.4) is 0 Å². The van der Waals surface area contributed by atoms with Crippen molar-refractivity contribution in [1.82, 2.24) is 0 Å². The maximum atomic E-state index is 9.28. The SMILES string of the molecule is Oc1cc(Cl)c2c(c1)CCCC2. The van der Waals surface area contributed by atoms with Crippen molar-refractivity contribution in [2.45, 2.75) is 25.7 Å². The number of aryl methyl sites for hydroxylation is 1. The Hall–Kier alpha value is -0.690. The summed E-state index contributed by atoms with van der Waals surface area (Å²) < 4.78 is 0. The van der Waals surface area contributed by atoms with Crippen LogP contribution in [0.15, 0.2) is 12.1 Å². The van der Waals surface area contributed by atoms with Crippen molar-refractivity contribution < 1.29 is 5.11 Å². The smallest absolute Gasteiger partial charge is 0.117 e. The third kappa shape index (κ3) is 1.29. The van der Waals surface area contributed by atoms with Gasteiger partial charge in [-0.15, -0.1) is 0 Å². The minimum atomic E-state index is 0.292. The molecule has 0 saturated carbocycles. The molecule has 1 N–H and O–H groups in total. The van der Waals surface area contributed by atoms with E-state index in [1.165, 1.54) is 24.0 Å². The van der Waals surface area contributed by atoms with Crippen LogP contribution in [0.4, 0.5) is 0 Å². The van der Waals surface area contributed by atoms with Gasteiger partial charge in [-0.25, -0.2) is 0 Å². The maximum Gasteiger partial charge on any atom is 0.117 e. The van der Waals surface area contributed by atoms with Crippen LogP contribution in [-0.4, -0.2) is 5.11 Å². The molecule has 12 heavy (non-hydrogen) atoms. The lowest BCUT2D eigenvalue weighted by Crippen LogP contribution is -2.02. The summed E-state index contributed by atoms with van der Waals surface area (Å²) in [4.78, 5) is 0. The minimum absolute atomic E-state index is 0.292. The highest BCUT2D eigenvalue weighted by Gasteiger charge is 2.13. The molecule has 0 saturated heterocycles. The third-order valence-electron chi connectivity index (χ3n) is 2.40. The van der Waals surface area contributed by atoms with Gasteiger partial charge in [0.2, 0.25) is 0 Å². The quantitative estimate of drug-likeness (QED) is 0.654. The molecule has 64 valence electrons. The summed E-state index contributed by atoms with van der Waals surface area (Å²) in [7, 11) is 0. The zero-order valence-electron chi connectivity index (χ0n) is 6.81. The van der Waals surface area contributed by atoms with Gasteiger partial charge in [-0.3, -0.25) is 0 Å². The van der Waals surface area contributed by atoms with E-state index in [9.17, 15) is 5.11 Å². The molecule has 0 atom stereocenters. The first-order chi connectivity index (χ1) is 5.77. The lowest BCUT2D eigenvalue weighted by Gasteiger charge is -2.16. The molecule has 0 aliphatic heterocycles. The van der Waals surface area contributed by atoms with Gasteiger partial charge >= 0.3 is 0 Å². The van der Waals surface area contributed by atoms with Gasteiger partial charge < -0.3 is 5.11 Å². The molecule has 0 radical (unpaired) electrons. The third-order valence-corrected chi connectivity index (χ3v) is 2.73. The Bertz CT molecular complexity index is 307. The van der Waals surface area contributed by atoms with E-state index in [4.69, 9.17) is 11.6 Å². The number of fused-ring (bicyclic) bond motifs is 1. The summed E-state index contributed by atoms with van der Waals surface area (Å²) in [6.45, 7) is 0. The van der Waals surface area contributed by atoms with Crippen LogP contribution in [0.2, 0.25) is 5.02 Å². The van der Waals surface area contributed by atoms with Crippen molar-refractivity contribution in [1.29, 1.82) is 0 Å². The van der Waals surface area contributed by atoms with Gasteiger partial charge in [-0.05, 0) is 48.9 Å². The van der Waals surface area contributed by atoms with Crippen molar-refractivity contribution in [3.05, 3.63) is 28.3 Å². The second kappa shape index (κ2) is 2.98. The van der Waals surface area contributed by atoms with Gasteiger partial charge in [0.05, 0.1) is 0 Å². The van der Waals surface area contributed by atoms with Crippen molar-refractivity contribution in [2.24, 2.45) is 0 Å². The molecule has 1 aromatic rings. The van der Waals surface area contributed by atoms with Gasteiger partial charge in [-0.2, -0.15) is 0 Å². The summed E-state index contributed by atoms with van der Waals surface area (Å²) in [6.07, 6.45) is 4.56. The average Bonchev–Trinajstić information content (AvgIpc) is 2.04. The summed E-state index contributed by atoms with van der Waals surface area (Å²) in [5.41, 5.74) is 2.46. The van der Waals surface area contributed by atoms with Crippen LogP contribution in [0.25, 0.3) is 0 Å². The number of hydrogen-bond acceptors (Lipinski definition) is 1. The van der Waals surface area contributed by atoms with Gasteiger partial charge in [-0.1, -0.05) is 11.6 Å². The number of rotatable bonds is 0. The molecule has 1 nitrogen and oxygen atoms in total. The van der Waals surface area contributed by atoms with Gasteiger partial charge in [0, 0.05) is 5.02 Å². The van der Waals surface area contributed by atoms with Crippen molar-refractivity contribution >= 4 is 11.6 Å². The first kappa shape index (κ1) is 7.93. The van der Waals surface area contributed by atoms with E-state index in [1.807, 2.05) is 6.07 Å². The number of phenols is 1. The lowest BCUT2D eigenvalue weighted by molar-refractivity contribution is 0.473. The Kier molecular flexibility index (Phi) is 1.97. The monoisotopic (exact) mass is 182 g/mol. The van der Waals surface area contributed by atoms with E-state index in [2.05, 4.69) is 0 Å². The molecule has 1 aromatic carbocycles. The molecule has 2 rings (SSSR count). The van der Waals surface area contributed by atoms with E-state index in [0.717, 1.165) is 17.9 Å². The Morgan fingerprint density at radius 3 is 2.75 bits per heavy atom. The highest BCUT2D eigenvalue weighted by Crippen LogP contribution is 2.31. The second-order valence-electron chi connectivity index (χ2n) is 3.27. The summed E-state index contributed by atoms with van der Waals surface area (Å²) >= 11 is 5.99. The molecule has 0 fully saturated rings. The van der Waals surface area contributed by atoms with E-state index in [-0.39, 0.29) is 0 Å². The fourth-order valence-electron chi connectivity index (χ4n) is 1.80. The van der Waals surface area contributed by atoms with Crippen molar-refractivity contribution in [2.75, 3.05) is 0 Å². The predicted molar refractivity (Wildman–Crippen MR) is 49.8 cm³/mol. The molecule has 0 spiro atoms. The molecule has 0 bridgehead atoms. The molecule has 0 aromatic heterocycles. The molecule has 2 heteroatoms. The molecular formula is C10H11ClO. The average molecular weight is 183 g/mol. The molecule has 1 aliphatic rings. The van der Waals surface area contributed by atoms with Crippen LogP contribution < -0.4 is 0 Å². The zero-order valence-corrected chi connectivity index (χ0v) is 7.56. The van der Waals surface area contributed by atoms with Crippen LogP contribution in [-0.2, 0) is 12.8 Å². The summed E-state index contributed by atoms with van der Waals surface area (Å²) in [6, 6.07) is 3.46. The Morgan fingerprint density at radius 1 is 1.17 bits per heavy atom. The fraction of sp³-hybridized carbons (Fsp3) is 0.400. The van der Waals surface area contributed by atoms with E-state index in [0.29, 0.717) is 5.75 Å². The number of halogens is 1. The van der Waals surface area contributed by atoms with Crippen molar-refractivity contribution in [3.8, 4) is 5.75 Å². The maximum absolute atomic E-state index is 9.28.